The molecule has 1 fully saturated rings. The van der Waals surface area contributed by atoms with E-state index in [-0.39, 0.29) is 28.7 Å². The number of rotatable bonds is 3. The van der Waals surface area contributed by atoms with Gasteiger partial charge in [0.1, 0.15) is 5.82 Å². The second kappa shape index (κ2) is 6.62. The molecule has 2 aliphatic heterocycles. The average molecular weight is 382 g/mol. The molecule has 6 heteroatoms. The molecule has 2 aliphatic rings. The van der Waals surface area contributed by atoms with Crippen LogP contribution in [-0.4, -0.2) is 23.5 Å². The van der Waals surface area contributed by atoms with E-state index in [4.69, 9.17) is 0 Å². The van der Waals surface area contributed by atoms with E-state index in [0.717, 1.165) is 23.2 Å². The van der Waals surface area contributed by atoms with Gasteiger partial charge < -0.3 is 15.3 Å². The summed E-state index contributed by atoms with van der Waals surface area (Å²) in [5, 5.41) is 12.7. The van der Waals surface area contributed by atoms with Gasteiger partial charge in [0.25, 0.3) is 0 Å². The first-order valence-electron chi connectivity index (χ1n) is 9.48. The second-order valence-electron chi connectivity index (χ2n) is 8.31. The van der Waals surface area contributed by atoms with Crippen LogP contribution in [0.25, 0.3) is 0 Å². The number of carbonyl (C=O) groups excluding carboxylic acids is 1. The van der Waals surface area contributed by atoms with Crippen LogP contribution in [0.3, 0.4) is 0 Å². The van der Waals surface area contributed by atoms with Crippen LogP contribution in [0.5, 0.6) is 0 Å². The molecule has 0 spiro atoms. The second-order valence-corrected chi connectivity index (χ2v) is 8.31. The zero-order chi connectivity index (χ0) is 20.1. The lowest BCUT2D eigenvalue weighted by atomic mass is 9.72. The van der Waals surface area contributed by atoms with Crippen LogP contribution in [0.2, 0.25) is 0 Å². The third-order valence-corrected chi connectivity index (χ3v) is 5.70. The summed E-state index contributed by atoms with van der Waals surface area (Å²) < 4.78 is 14.4. The molecule has 1 atom stereocenters. The number of carboxylic acid groups (broad SMARTS) is 1. The van der Waals surface area contributed by atoms with Gasteiger partial charge in [-0.05, 0) is 65.8 Å². The molecule has 1 unspecified atom stereocenters. The van der Waals surface area contributed by atoms with Gasteiger partial charge in [-0.1, -0.05) is 13.8 Å². The Labute approximate surface area is 163 Å². The zero-order valence-electron chi connectivity index (χ0n) is 16.0. The highest BCUT2D eigenvalue weighted by Crippen LogP contribution is 2.45. The summed E-state index contributed by atoms with van der Waals surface area (Å²) >= 11 is 0. The van der Waals surface area contributed by atoms with Gasteiger partial charge in [-0.25, -0.2) is 9.18 Å². The molecule has 2 aromatic carbocycles. The van der Waals surface area contributed by atoms with Gasteiger partial charge in [0.2, 0.25) is 5.91 Å². The number of carboxylic acids is 1. The Morgan fingerprint density at radius 3 is 2.71 bits per heavy atom. The van der Waals surface area contributed by atoms with Crippen molar-refractivity contribution in [1.82, 2.24) is 0 Å². The number of hydrogen-bond donors (Lipinski definition) is 2. The van der Waals surface area contributed by atoms with Crippen molar-refractivity contribution in [2.75, 3.05) is 16.8 Å². The molecule has 0 aliphatic carbocycles. The summed E-state index contributed by atoms with van der Waals surface area (Å²) in [7, 11) is 0. The predicted octanol–water partition coefficient (Wildman–Crippen LogP) is 4.39. The summed E-state index contributed by atoms with van der Waals surface area (Å²) in [5.41, 5.74) is 3.17. The first kappa shape index (κ1) is 18.5. The van der Waals surface area contributed by atoms with E-state index in [1.54, 1.807) is 23.1 Å². The molecule has 0 aromatic heterocycles. The summed E-state index contributed by atoms with van der Waals surface area (Å²) in [4.78, 5) is 25.0. The molecule has 2 aromatic rings. The van der Waals surface area contributed by atoms with Crippen LogP contribution in [0.4, 0.5) is 15.8 Å². The van der Waals surface area contributed by atoms with Crippen LogP contribution in [0.15, 0.2) is 36.4 Å². The number of fused-ring (bicyclic) bond motifs is 1. The molecule has 0 radical (unpaired) electrons. The quantitative estimate of drug-likeness (QED) is 0.826. The SMILES string of the molecule is CC1(C)Cc2cc(C(=O)O)ccc2NC1c1cc(F)cc(N2CCCC2=O)c1. The minimum absolute atomic E-state index is 0.0268. The number of benzene rings is 2. The summed E-state index contributed by atoms with van der Waals surface area (Å²) in [6.07, 6.45) is 1.95. The standard InChI is InChI=1S/C22H23FN2O3/c1-22(2)12-15-8-13(21(27)28)5-6-18(15)24-20(22)14-9-16(23)11-17(10-14)25-7-3-4-19(25)26/h5-6,8-11,20,24H,3-4,7,12H2,1-2H3,(H,27,28). The van der Waals surface area contributed by atoms with E-state index in [9.17, 15) is 19.1 Å². The fourth-order valence-corrected chi connectivity index (χ4v) is 4.33. The maximum atomic E-state index is 14.4. The number of halogens is 1. The van der Waals surface area contributed by atoms with Crippen molar-refractivity contribution < 1.29 is 19.1 Å². The Kier molecular flexibility index (Phi) is 4.37. The van der Waals surface area contributed by atoms with Crippen LogP contribution in [0, 0.1) is 11.2 Å². The van der Waals surface area contributed by atoms with Gasteiger partial charge in [0, 0.05) is 24.3 Å². The summed E-state index contributed by atoms with van der Waals surface area (Å²) in [5.74, 6) is -1.29. The Morgan fingerprint density at radius 2 is 2.04 bits per heavy atom. The molecule has 0 bridgehead atoms. The molecular weight excluding hydrogens is 359 g/mol. The third-order valence-electron chi connectivity index (χ3n) is 5.70. The molecule has 1 saturated heterocycles. The van der Waals surface area contributed by atoms with Gasteiger partial charge in [-0.3, -0.25) is 4.79 Å². The van der Waals surface area contributed by atoms with Gasteiger partial charge in [0.15, 0.2) is 0 Å². The minimum Gasteiger partial charge on any atom is -0.478 e. The number of carbonyl (C=O) groups is 2. The third kappa shape index (κ3) is 3.23. The van der Waals surface area contributed by atoms with E-state index in [1.807, 2.05) is 6.07 Å². The normalized spacial score (nSPS) is 20.6. The van der Waals surface area contributed by atoms with Gasteiger partial charge >= 0.3 is 5.97 Å². The van der Waals surface area contributed by atoms with Crippen molar-refractivity contribution in [3.63, 3.8) is 0 Å². The highest BCUT2D eigenvalue weighted by molar-refractivity contribution is 5.95. The molecule has 2 N–H and O–H groups in total. The largest absolute Gasteiger partial charge is 0.478 e. The number of nitrogens with one attached hydrogen (secondary N) is 1. The predicted molar refractivity (Wildman–Crippen MR) is 105 cm³/mol. The van der Waals surface area contributed by atoms with Gasteiger partial charge in [0.05, 0.1) is 11.6 Å². The number of aromatic carboxylic acids is 1. The van der Waals surface area contributed by atoms with Crippen LogP contribution >= 0.6 is 0 Å². The van der Waals surface area contributed by atoms with Crippen molar-refractivity contribution in [2.45, 2.75) is 39.2 Å². The number of hydrogen-bond acceptors (Lipinski definition) is 3. The Hall–Kier alpha value is -2.89. The van der Waals surface area contributed by atoms with Crippen LogP contribution < -0.4 is 10.2 Å². The minimum atomic E-state index is -0.951. The van der Waals surface area contributed by atoms with E-state index < -0.39 is 5.97 Å². The van der Waals surface area contributed by atoms with E-state index >= 15 is 0 Å². The Morgan fingerprint density at radius 1 is 1.25 bits per heavy atom. The number of nitrogens with zero attached hydrogens (tertiary/aromatic N) is 1. The molecule has 0 saturated carbocycles. The molecule has 2 heterocycles. The van der Waals surface area contributed by atoms with Gasteiger partial charge in [-0.15, -0.1) is 0 Å². The molecule has 4 rings (SSSR count). The van der Waals surface area contributed by atoms with E-state index in [2.05, 4.69) is 19.2 Å². The molecule has 5 nitrogen and oxygen atoms in total. The maximum Gasteiger partial charge on any atom is 0.335 e. The number of amides is 1. The fraction of sp³-hybridized carbons (Fsp3) is 0.364. The summed E-state index contributed by atoms with van der Waals surface area (Å²) in [6.45, 7) is 4.77. The topological polar surface area (TPSA) is 69.6 Å². The van der Waals surface area contributed by atoms with Crippen molar-refractivity contribution in [3.8, 4) is 0 Å². The van der Waals surface area contributed by atoms with Gasteiger partial charge in [-0.2, -0.15) is 0 Å². The zero-order valence-corrected chi connectivity index (χ0v) is 16.0. The average Bonchev–Trinajstić information content (AvgIpc) is 3.05. The fourth-order valence-electron chi connectivity index (χ4n) is 4.33. The molecule has 146 valence electrons. The monoisotopic (exact) mass is 382 g/mol. The maximum absolute atomic E-state index is 14.4. The smallest absolute Gasteiger partial charge is 0.335 e. The molecule has 28 heavy (non-hydrogen) atoms. The van der Waals surface area contributed by atoms with E-state index in [0.29, 0.717) is 25.1 Å². The van der Waals surface area contributed by atoms with Crippen molar-refractivity contribution in [3.05, 3.63) is 58.9 Å². The summed E-state index contributed by atoms with van der Waals surface area (Å²) in [6, 6.07) is 9.69. The first-order chi connectivity index (χ1) is 13.2. The highest BCUT2D eigenvalue weighted by atomic mass is 19.1. The highest BCUT2D eigenvalue weighted by Gasteiger charge is 2.37. The Bertz CT molecular complexity index is 970. The Balaban J connectivity index is 1.72. The molecule has 1 amide bonds. The lowest BCUT2D eigenvalue weighted by Gasteiger charge is -2.41. The number of anilines is 2. The van der Waals surface area contributed by atoms with Crippen LogP contribution in [0.1, 0.15) is 54.2 Å². The van der Waals surface area contributed by atoms with E-state index in [1.165, 1.54) is 12.1 Å². The van der Waals surface area contributed by atoms with Crippen molar-refractivity contribution in [1.29, 1.82) is 0 Å². The van der Waals surface area contributed by atoms with Crippen molar-refractivity contribution >= 4 is 23.3 Å². The lowest BCUT2D eigenvalue weighted by molar-refractivity contribution is -0.117. The first-order valence-corrected chi connectivity index (χ1v) is 9.48. The van der Waals surface area contributed by atoms with Crippen molar-refractivity contribution in [2.24, 2.45) is 5.41 Å². The molecular formula is C22H23FN2O3. The van der Waals surface area contributed by atoms with Crippen LogP contribution in [-0.2, 0) is 11.2 Å². The lowest BCUT2D eigenvalue weighted by Crippen LogP contribution is -2.35.